The van der Waals surface area contributed by atoms with Crippen LogP contribution in [0.15, 0.2) is 82.7 Å². The Kier molecular flexibility index (Phi) is 5.53. The van der Waals surface area contributed by atoms with Gasteiger partial charge < -0.3 is 15.1 Å². The lowest BCUT2D eigenvalue weighted by Crippen LogP contribution is -2.43. The average molecular weight is 414 g/mol. The van der Waals surface area contributed by atoms with E-state index < -0.39 is 18.0 Å². The molecule has 0 bridgehead atoms. The Balaban J connectivity index is 1.74. The van der Waals surface area contributed by atoms with Crippen molar-refractivity contribution in [2.75, 3.05) is 0 Å². The molecule has 0 saturated carbocycles. The number of amides is 2. The van der Waals surface area contributed by atoms with Crippen LogP contribution in [0.25, 0.3) is 11.0 Å². The molecular weight excluding hydrogens is 396 g/mol. The summed E-state index contributed by atoms with van der Waals surface area (Å²) in [5, 5.41) is 5.71. The van der Waals surface area contributed by atoms with Crippen LogP contribution < -0.4 is 16.1 Å². The van der Waals surface area contributed by atoms with Crippen LogP contribution in [0.1, 0.15) is 38.0 Å². The highest BCUT2D eigenvalue weighted by Crippen LogP contribution is 2.17. The van der Waals surface area contributed by atoms with Gasteiger partial charge in [0, 0.05) is 24.8 Å². The van der Waals surface area contributed by atoms with Crippen LogP contribution in [0.3, 0.4) is 0 Å². The second-order valence-corrected chi connectivity index (χ2v) is 6.88. The van der Waals surface area contributed by atoms with Crippen molar-refractivity contribution in [1.29, 1.82) is 0 Å². The van der Waals surface area contributed by atoms with E-state index in [1.807, 2.05) is 13.0 Å². The van der Waals surface area contributed by atoms with Gasteiger partial charge in [0.05, 0.1) is 22.1 Å². The fraction of sp³-hybridized carbons (Fsp3) is 0.0870. The van der Waals surface area contributed by atoms with Gasteiger partial charge in [0.1, 0.15) is 18.0 Å². The van der Waals surface area contributed by atoms with E-state index in [-0.39, 0.29) is 22.1 Å². The fourth-order valence-electron chi connectivity index (χ4n) is 3.07. The molecule has 0 aliphatic carbocycles. The van der Waals surface area contributed by atoms with Gasteiger partial charge in [-0.05, 0) is 43.3 Å². The molecule has 3 heterocycles. The molecule has 0 aliphatic heterocycles. The van der Waals surface area contributed by atoms with E-state index >= 15 is 0 Å². The van der Waals surface area contributed by atoms with Crippen LogP contribution in [0.5, 0.6) is 0 Å². The van der Waals surface area contributed by atoms with E-state index in [1.165, 1.54) is 18.7 Å². The van der Waals surface area contributed by atoms with Crippen LogP contribution in [0.4, 0.5) is 0 Å². The molecule has 154 valence electrons. The average Bonchev–Trinajstić information content (AvgIpc) is 2.80. The number of nitrogens with one attached hydrogen (secondary N) is 2. The normalized spacial score (nSPS) is 10.8. The topological polar surface area (TPSA) is 114 Å². The van der Waals surface area contributed by atoms with Crippen molar-refractivity contribution in [2.45, 2.75) is 13.1 Å². The lowest BCUT2D eigenvalue weighted by atomic mass is 10.1. The van der Waals surface area contributed by atoms with E-state index in [0.717, 1.165) is 5.56 Å². The van der Waals surface area contributed by atoms with Crippen LogP contribution in [0.2, 0.25) is 0 Å². The molecule has 1 aromatic carbocycles. The predicted molar refractivity (Wildman–Crippen MR) is 113 cm³/mol. The second kappa shape index (κ2) is 8.58. The number of pyridine rings is 2. The summed E-state index contributed by atoms with van der Waals surface area (Å²) in [6.07, 6.45) is 5.97. The van der Waals surface area contributed by atoms with Gasteiger partial charge in [0.15, 0.2) is 5.43 Å². The number of rotatable bonds is 5. The van der Waals surface area contributed by atoms with Crippen molar-refractivity contribution in [3.63, 3.8) is 0 Å². The monoisotopic (exact) mass is 414 g/mol. The SMILES string of the molecule is Cc1ccc2occ(C(NC(=O)c3cccnc3)NC(=O)c3cccnc3)c(=O)c2c1. The summed E-state index contributed by atoms with van der Waals surface area (Å²) in [6, 6.07) is 11.6. The quantitative estimate of drug-likeness (QED) is 0.486. The first-order valence-electron chi connectivity index (χ1n) is 9.47. The number of carbonyl (C=O) groups is 2. The molecule has 8 nitrogen and oxygen atoms in total. The second-order valence-electron chi connectivity index (χ2n) is 6.88. The zero-order valence-electron chi connectivity index (χ0n) is 16.5. The van der Waals surface area contributed by atoms with Crippen LogP contribution in [-0.2, 0) is 0 Å². The van der Waals surface area contributed by atoms with E-state index in [2.05, 4.69) is 20.6 Å². The molecule has 3 aromatic heterocycles. The number of aryl methyl sites for hydroxylation is 1. The maximum atomic E-state index is 13.2. The Morgan fingerprint density at radius 3 is 2.10 bits per heavy atom. The van der Waals surface area contributed by atoms with Crippen molar-refractivity contribution >= 4 is 22.8 Å². The minimum absolute atomic E-state index is 0.0904. The summed E-state index contributed by atoms with van der Waals surface area (Å²) in [4.78, 5) is 46.5. The minimum atomic E-state index is -1.14. The van der Waals surface area contributed by atoms with E-state index in [4.69, 9.17) is 4.42 Å². The first-order chi connectivity index (χ1) is 15.0. The Morgan fingerprint density at radius 2 is 1.55 bits per heavy atom. The van der Waals surface area contributed by atoms with E-state index in [9.17, 15) is 14.4 Å². The van der Waals surface area contributed by atoms with Crippen molar-refractivity contribution in [1.82, 2.24) is 20.6 Å². The van der Waals surface area contributed by atoms with Crippen molar-refractivity contribution in [3.8, 4) is 0 Å². The largest absolute Gasteiger partial charge is 0.464 e. The Hall–Kier alpha value is -4.33. The summed E-state index contributed by atoms with van der Waals surface area (Å²) in [6.45, 7) is 1.86. The molecule has 0 saturated heterocycles. The molecule has 4 rings (SSSR count). The summed E-state index contributed by atoms with van der Waals surface area (Å²) >= 11 is 0. The maximum Gasteiger partial charge on any atom is 0.254 e. The number of nitrogens with zero attached hydrogens (tertiary/aromatic N) is 2. The van der Waals surface area contributed by atoms with Gasteiger partial charge in [-0.3, -0.25) is 24.4 Å². The highest BCUT2D eigenvalue weighted by Gasteiger charge is 2.23. The van der Waals surface area contributed by atoms with Gasteiger partial charge in [-0.1, -0.05) is 11.6 Å². The number of fused-ring (bicyclic) bond motifs is 1. The van der Waals surface area contributed by atoms with Gasteiger partial charge >= 0.3 is 0 Å². The first kappa shape index (κ1) is 20.0. The molecule has 0 spiro atoms. The molecule has 0 atom stereocenters. The predicted octanol–water partition coefficient (Wildman–Crippen LogP) is 2.75. The molecule has 0 radical (unpaired) electrons. The highest BCUT2D eigenvalue weighted by molar-refractivity contribution is 5.96. The van der Waals surface area contributed by atoms with Gasteiger partial charge in [-0.2, -0.15) is 0 Å². The number of hydrogen-bond donors (Lipinski definition) is 2. The summed E-state index contributed by atoms with van der Waals surface area (Å²) in [5.41, 5.74) is 1.59. The summed E-state index contributed by atoms with van der Waals surface area (Å²) in [7, 11) is 0. The standard InChI is InChI=1S/C23H18N4O4/c1-14-6-7-19-17(10-14)20(28)18(13-31-19)21(26-22(29)15-4-2-8-24-11-15)27-23(30)16-5-3-9-25-12-16/h2-13,21H,1H3,(H,26,29)(H,27,30). The third kappa shape index (κ3) is 4.32. The molecule has 0 aliphatic rings. The van der Waals surface area contributed by atoms with E-state index in [0.29, 0.717) is 11.0 Å². The molecule has 0 unspecified atom stereocenters. The van der Waals surface area contributed by atoms with Gasteiger partial charge in [-0.15, -0.1) is 0 Å². The molecule has 4 aromatic rings. The van der Waals surface area contributed by atoms with Crippen LogP contribution in [0, 0.1) is 6.92 Å². The van der Waals surface area contributed by atoms with E-state index in [1.54, 1.807) is 48.8 Å². The third-order valence-corrected chi connectivity index (χ3v) is 4.66. The zero-order chi connectivity index (χ0) is 21.8. The van der Waals surface area contributed by atoms with Gasteiger partial charge in [0.25, 0.3) is 11.8 Å². The Morgan fingerprint density at radius 1 is 0.935 bits per heavy atom. The lowest BCUT2D eigenvalue weighted by Gasteiger charge is -2.20. The molecule has 31 heavy (non-hydrogen) atoms. The zero-order valence-corrected chi connectivity index (χ0v) is 16.5. The smallest absolute Gasteiger partial charge is 0.254 e. The highest BCUT2D eigenvalue weighted by atomic mass is 16.3. The maximum absolute atomic E-state index is 13.2. The van der Waals surface area contributed by atoms with Crippen molar-refractivity contribution in [2.24, 2.45) is 0 Å². The third-order valence-electron chi connectivity index (χ3n) is 4.66. The summed E-state index contributed by atoms with van der Waals surface area (Å²) in [5.74, 6) is -1.01. The van der Waals surface area contributed by atoms with Crippen molar-refractivity contribution < 1.29 is 14.0 Å². The Labute approximate surface area is 177 Å². The van der Waals surface area contributed by atoms with Gasteiger partial charge in [-0.25, -0.2) is 0 Å². The molecule has 2 N–H and O–H groups in total. The lowest BCUT2D eigenvalue weighted by molar-refractivity contribution is 0.0882. The number of benzene rings is 1. The van der Waals surface area contributed by atoms with Crippen LogP contribution in [-0.4, -0.2) is 21.8 Å². The van der Waals surface area contributed by atoms with Crippen molar-refractivity contribution in [3.05, 3.63) is 106 Å². The number of hydrogen-bond acceptors (Lipinski definition) is 6. The van der Waals surface area contributed by atoms with Gasteiger partial charge in [0.2, 0.25) is 0 Å². The summed E-state index contributed by atoms with van der Waals surface area (Å²) < 4.78 is 5.61. The fourth-order valence-corrected chi connectivity index (χ4v) is 3.07. The Bertz CT molecular complexity index is 1250. The molecule has 8 heteroatoms. The van der Waals surface area contributed by atoms with Crippen LogP contribution >= 0.6 is 0 Å². The molecule has 0 fully saturated rings. The molecular formula is C23H18N4O4. The minimum Gasteiger partial charge on any atom is -0.464 e. The molecule has 2 amide bonds. The number of aromatic nitrogens is 2. The number of carbonyl (C=O) groups excluding carboxylic acids is 2. The first-order valence-corrected chi connectivity index (χ1v) is 9.47.